The molecule has 2 saturated heterocycles. The van der Waals surface area contributed by atoms with Gasteiger partial charge in [0, 0.05) is 52.2 Å². The number of carbonyl (C=O) groups is 1. The van der Waals surface area contributed by atoms with E-state index in [1.165, 1.54) is 17.0 Å². The highest BCUT2D eigenvalue weighted by Crippen LogP contribution is 2.33. The van der Waals surface area contributed by atoms with E-state index in [-0.39, 0.29) is 42.3 Å². The van der Waals surface area contributed by atoms with E-state index >= 15 is 0 Å². The maximum Gasteiger partial charge on any atom is 0.416 e. The van der Waals surface area contributed by atoms with Crippen LogP contribution in [0.2, 0.25) is 0 Å². The van der Waals surface area contributed by atoms with Crippen molar-refractivity contribution in [2.75, 3.05) is 53.5 Å². The average molecular weight is 554 g/mol. The topological polar surface area (TPSA) is 57.2 Å². The fraction of sp³-hybridized carbons (Fsp3) is 0.619. The molecule has 3 rings (SSSR count). The zero-order chi connectivity index (χ0) is 21.7. The summed E-state index contributed by atoms with van der Waals surface area (Å²) in [7, 11) is 3.36. The zero-order valence-corrected chi connectivity index (χ0v) is 20.2. The summed E-state index contributed by atoms with van der Waals surface area (Å²) in [5, 5.41) is 3.35. The van der Waals surface area contributed by atoms with Crippen molar-refractivity contribution in [2.24, 2.45) is 10.9 Å². The molecule has 2 aliphatic heterocycles. The SMILES string of the molecule is CN(C)C(=O)CN=C(NCC1CCOC1)N1CCC(c2cccc(C(F)(F)F)c2)C1.I. The first-order valence-electron chi connectivity index (χ1n) is 10.2. The lowest BCUT2D eigenvalue weighted by Gasteiger charge is -2.24. The number of nitrogens with zero attached hydrogens (tertiary/aromatic N) is 3. The third-order valence-corrected chi connectivity index (χ3v) is 5.61. The summed E-state index contributed by atoms with van der Waals surface area (Å²) in [5.74, 6) is 0.902. The number of carbonyl (C=O) groups excluding carboxylic acids is 1. The molecule has 2 fully saturated rings. The van der Waals surface area contributed by atoms with Gasteiger partial charge in [0.15, 0.2) is 5.96 Å². The van der Waals surface area contributed by atoms with E-state index in [4.69, 9.17) is 4.74 Å². The highest BCUT2D eigenvalue weighted by atomic mass is 127. The van der Waals surface area contributed by atoms with E-state index in [1.54, 1.807) is 20.2 Å². The largest absolute Gasteiger partial charge is 0.416 e. The van der Waals surface area contributed by atoms with Gasteiger partial charge < -0.3 is 19.9 Å². The molecule has 31 heavy (non-hydrogen) atoms. The number of likely N-dealkylation sites (N-methyl/N-ethyl adjacent to an activating group) is 1. The Balaban J connectivity index is 0.00000341. The number of nitrogens with one attached hydrogen (secondary N) is 1. The second-order valence-corrected chi connectivity index (χ2v) is 8.09. The Hall–Kier alpha value is -1.56. The van der Waals surface area contributed by atoms with Crippen LogP contribution in [-0.4, -0.2) is 75.2 Å². The van der Waals surface area contributed by atoms with Crippen LogP contribution in [0, 0.1) is 5.92 Å². The second kappa shape index (κ2) is 11.3. The number of hydrogen-bond donors (Lipinski definition) is 1. The normalized spacial score (nSPS) is 21.7. The van der Waals surface area contributed by atoms with Crippen LogP contribution in [0.1, 0.15) is 29.9 Å². The van der Waals surface area contributed by atoms with Gasteiger partial charge in [0.05, 0.1) is 12.2 Å². The minimum Gasteiger partial charge on any atom is -0.381 e. The molecule has 1 amide bonds. The fourth-order valence-electron chi connectivity index (χ4n) is 3.73. The van der Waals surface area contributed by atoms with Crippen LogP contribution in [0.15, 0.2) is 29.3 Å². The molecule has 10 heteroatoms. The van der Waals surface area contributed by atoms with E-state index in [1.807, 2.05) is 4.90 Å². The number of aliphatic imine (C=N–C) groups is 1. The Kier molecular flexibility index (Phi) is 9.41. The van der Waals surface area contributed by atoms with Crippen molar-refractivity contribution in [3.63, 3.8) is 0 Å². The summed E-state index contributed by atoms with van der Waals surface area (Å²) in [6, 6.07) is 5.55. The predicted octanol–water partition coefficient (Wildman–Crippen LogP) is 3.18. The van der Waals surface area contributed by atoms with Crippen molar-refractivity contribution in [1.82, 2.24) is 15.1 Å². The van der Waals surface area contributed by atoms with Crippen molar-refractivity contribution in [3.8, 4) is 0 Å². The Bertz CT molecular complexity index is 767. The summed E-state index contributed by atoms with van der Waals surface area (Å²) in [5.41, 5.74) is 0.0588. The molecule has 1 aromatic carbocycles. The maximum absolute atomic E-state index is 13.1. The van der Waals surface area contributed by atoms with E-state index in [2.05, 4.69) is 10.3 Å². The van der Waals surface area contributed by atoms with E-state index < -0.39 is 11.7 Å². The molecular formula is C21H30F3IN4O2. The van der Waals surface area contributed by atoms with Crippen LogP contribution in [0.4, 0.5) is 13.2 Å². The quantitative estimate of drug-likeness (QED) is 0.345. The average Bonchev–Trinajstić information content (AvgIpc) is 3.39. The minimum atomic E-state index is -4.35. The van der Waals surface area contributed by atoms with Crippen LogP contribution >= 0.6 is 24.0 Å². The molecule has 0 aliphatic carbocycles. The summed E-state index contributed by atoms with van der Waals surface area (Å²) in [6.45, 7) is 3.40. The number of ether oxygens (including phenoxy) is 1. The summed E-state index contributed by atoms with van der Waals surface area (Å²) in [4.78, 5) is 20.0. The lowest BCUT2D eigenvalue weighted by atomic mass is 9.96. The molecule has 1 aromatic rings. The number of amides is 1. The van der Waals surface area contributed by atoms with Gasteiger partial charge in [-0.3, -0.25) is 4.79 Å². The Morgan fingerprint density at radius 3 is 2.74 bits per heavy atom. The van der Waals surface area contributed by atoms with Gasteiger partial charge in [0.1, 0.15) is 6.54 Å². The molecule has 1 N–H and O–H groups in total. The number of hydrogen-bond acceptors (Lipinski definition) is 3. The number of halogens is 4. The number of guanidine groups is 1. The smallest absolute Gasteiger partial charge is 0.381 e. The number of rotatable bonds is 5. The Morgan fingerprint density at radius 1 is 1.32 bits per heavy atom. The van der Waals surface area contributed by atoms with Gasteiger partial charge in [-0.15, -0.1) is 24.0 Å². The molecule has 2 atom stereocenters. The molecule has 2 unspecified atom stereocenters. The van der Waals surface area contributed by atoms with Crippen LogP contribution in [0.5, 0.6) is 0 Å². The Labute approximate surface area is 198 Å². The Morgan fingerprint density at radius 2 is 2.10 bits per heavy atom. The highest BCUT2D eigenvalue weighted by Gasteiger charge is 2.32. The van der Waals surface area contributed by atoms with Crippen molar-refractivity contribution < 1.29 is 22.7 Å². The molecule has 0 aromatic heterocycles. The summed E-state index contributed by atoms with van der Waals surface area (Å²) in [6.07, 6.45) is -2.64. The molecule has 0 spiro atoms. The number of likely N-dealkylation sites (tertiary alicyclic amines) is 1. The van der Waals surface area contributed by atoms with Gasteiger partial charge in [-0.1, -0.05) is 18.2 Å². The van der Waals surface area contributed by atoms with Gasteiger partial charge in [-0.05, 0) is 24.5 Å². The van der Waals surface area contributed by atoms with Crippen LogP contribution in [0.25, 0.3) is 0 Å². The van der Waals surface area contributed by atoms with Crippen LogP contribution in [0.3, 0.4) is 0 Å². The van der Waals surface area contributed by atoms with Crippen molar-refractivity contribution in [1.29, 1.82) is 0 Å². The zero-order valence-electron chi connectivity index (χ0n) is 17.8. The van der Waals surface area contributed by atoms with E-state index in [0.29, 0.717) is 43.7 Å². The van der Waals surface area contributed by atoms with Crippen molar-refractivity contribution >= 4 is 35.8 Å². The van der Waals surface area contributed by atoms with Crippen molar-refractivity contribution in [3.05, 3.63) is 35.4 Å². The van der Waals surface area contributed by atoms with E-state index in [0.717, 1.165) is 25.5 Å². The standard InChI is InChI=1S/C21H29F3N4O2.HI/c1-27(2)19(29)12-26-20(25-11-15-7-9-30-14-15)28-8-6-17(13-28)16-4-3-5-18(10-16)21(22,23)24;/h3-5,10,15,17H,6-9,11-14H2,1-2H3,(H,25,26);1H. The van der Waals surface area contributed by atoms with Gasteiger partial charge in [-0.2, -0.15) is 13.2 Å². The fourth-order valence-corrected chi connectivity index (χ4v) is 3.73. The number of benzene rings is 1. The summed E-state index contributed by atoms with van der Waals surface area (Å²) < 4.78 is 44.6. The van der Waals surface area contributed by atoms with Crippen molar-refractivity contribution in [2.45, 2.75) is 24.9 Å². The molecule has 0 saturated carbocycles. The van der Waals surface area contributed by atoms with Gasteiger partial charge in [0.2, 0.25) is 5.91 Å². The lowest BCUT2D eigenvalue weighted by Crippen LogP contribution is -2.43. The molecule has 2 heterocycles. The molecular weight excluding hydrogens is 524 g/mol. The first-order chi connectivity index (χ1) is 14.2. The highest BCUT2D eigenvalue weighted by molar-refractivity contribution is 14.0. The number of alkyl halides is 3. The lowest BCUT2D eigenvalue weighted by molar-refractivity contribution is -0.137. The molecule has 6 nitrogen and oxygen atoms in total. The first-order valence-corrected chi connectivity index (χ1v) is 10.2. The first kappa shape index (κ1) is 25.7. The predicted molar refractivity (Wildman–Crippen MR) is 124 cm³/mol. The van der Waals surface area contributed by atoms with Crippen LogP contribution in [-0.2, 0) is 15.7 Å². The molecule has 0 bridgehead atoms. The van der Waals surface area contributed by atoms with Gasteiger partial charge in [-0.25, -0.2) is 4.99 Å². The second-order valence-electron chi connectivity index (χ2n) is 8.09. The molecule has 2 aliphatic rings. The third kappa shape index (κ3) is 7.23. The monoisotopic (exact) mass is 554 g/mol. The molecule has 0 radical (unpaired) electrons. The third-order valence-electron chi connectivity index (χ3n) is 5.61. The summed E-state index contributed by atoms with van der Waals surface area (Å²) >= 11 is 0. The maximum atomic E-state index is 13.1. The van der Waals surface area contributed by atoms with Gasteiger partial charge >= 0.3 is 6.18 Å². The minimum absolute atomic E-state index is 0. The van der Waals surface area contributed by atoms with Crippen LogP contribution < -0.4 is 5.32 Å². The molecule has 174 valence electrons. The van der Waals surface area contributed by atoms with E-state index in [9.17, 15) is 18.0 Å². The van der Waals surface area contributed by atoms with Gasteiger partial charge in [0.25, 0.3) is 0 Å².